The number of nitrogens with two attached hydrogens (primary N) is 1. The first kappa shape index (κ1) is 14.0. The van der Waals surface area contributed by atoms with E-state index in [0.29, 0.717) is 12.8 Å². The number of hydrogen-bond donors (Lipinski definition) is 1. The molecule has 2 rings (SSSR count). The Hall–Kier alpha value is -2.40. The average Bonchev–Trinajstić information content (AvgIpc) is 2.81. The van der Waals surface area contributed by atoms with Gasteiger partial charge >= 0.3 is 11.7 Å². The molecule has 20 heavy (non-hydrogen) atoms. The van der Waals surface area contributed by atoms with E-state index in [1.54, 1.807) is 0 Å². The van der Waals surface area contributed by atoms with Gasteiger partial charge in [0.2, 0.25) is 0 Å². The lowest BCUT2D eigenvalue weighted by Crippen LogP contribution is -2.35. The van der Waals surface area contributed by atoms with Crippen LogP contribution < -0.4 is 11.4 Å². The van der Waals surface area contributed by atoms with Gasteiger partial charge in [0, 0.05) is 13.1 Å². The first-order valence-electron chi connectivity index (χ1n) is 6.03. The highest BCUT2D eigenvalue weighted by molar-refractivity contribution is 5.66. The van der Waals surface area contributed by atoms with Gasteiger partial charge in [-0.3, -0.25) is 9.36 Å². The molecular weight excluding hydrogens is 264 g/mol. The number of carbonyl (C=O) groups is 1. The molecule has 1 aromatic rings. The number of esters is 1. The molecule has 0 saturated carbocycles. The van der Waals surface area contributed by atoms with Crippen LogP contribution in [0.4, 0.5) is 5.82 Å². The number of rotatable bonds is 3. The summed E-state index contributed by atoms with van der Waals surface area (Å²) in [6.45, 7) is 1.10. The summed E-state index contributed by atoms with van der Waals surface area (Å²) in [5, 5.41) is 9.22. The van der Waals surface area contributed by atoms with E-state index in [2.05, 4.69) is 4.98 Å². The van der Waals surface area contributed by atoms with Crippen molar-refractivity contribution in [3.63, 3.8) is 0 Å². The number of anilines is 1. The van der Waals surface area contributed by atoms with E-state index in [0.717, 1.165) is 0 Å². The molecule has 2 atom stereocenters. The van der Waals surface area contributed by atoms with Crippen LogP contribution >= 0.6 is 0 Å². The maximum atomic E-state index is 11.7. The smallest absolute Gasteiger partial charge is 0.351 e. The van der Waals surface area contributed by atoms with Crippen molar-refractivity contribution in [1.82, 2.24) is 9.55 Å². The molecular formula is C12H14N4O4. The third-order valence-corrected chi connectivity index (χ3v) is 3.03. The van der Waals surface area contributed by atoms with E-state index >= 15 is 0 Å². The maximum absolute atomic E-state index is 11.7. The predicted octanol–water partition coefficient (Wildman–Crippen LogP) is -0.0400. The summed E-state index contributed by atoms with van der Waals surface area (Å²) in [5.74, 6) is -0.367. The van der Waals surface area contributed by atoms with E-state index in [9.17, 15) is 14.9 Å². The van der Waals surface area contributed by atoms with E-state index in [-0.39, 0.29) is 12.4 Å². The standard InChI is InChI=1S/C12H14N4O4/c1-8(17)19-7-12(6-13)4-2-10(20-12)16-5-3-9(14)15-11(16)18/h3,5,10H,2,4,7H2,1H3,(H2,14,15,18)/t10-,12-/m1/s1. The summed E-state index contributed by atoms with van der Waals surface area (Å²) in [6, 6.07) is 3.48. The van der Waals surface area contributed by atoms with E-state index < -0.39 is 23.5 Å². The SMILES string of the molecule is CC(=O)OC[C@]1(C#N)CC[C@H](n2ccc(N)nc2=O)O1. The Kier molecular flexibility index (Phi) is 3.72. The van der Waals surface area contributed by atoms with Gasteiger partial charge in [-0.05, 0) is 18.9 Å². The van der Waals surface area contributed by atoms with Crippen LogP contribution in [-0.4, -0.2) is 27.7 Å². The van der Waals surface area contributed by atoms with Crippen LogP contribution in [0.2, 0.25) is 0 Å². The zero-order valence-corrected chi connectivity index (χ0v) is 10.9. The minimum absolute atomic E-state index is 0.121. The molecule has 1 aliphatic heterocycles. The van der Waals surface area contributed by atoms with E-state index in [4.69, 9.17) is 15.2 Å². The zero-order valence-electron chi connectivity index (χ0n) is 10.9. The third-order valence-electron chi connectivity index (χ3n) is 3.03. The van der Waals surface area contributed by atoms with Gasteiger partial charge in [-0.15, -0.1) is 0 Å². The summed E-state index contributed by atoms with van der Waals surface area (Å²) < 4.78 is 11.7. The van der Waals surface area contributed by atoms with Crippen molar-refractivity contribution in [2.75, 3.05) is 12.3 Å². The molecule has 8 nitrogen and oxygen atoms in total. The van der Waals surface area contributed by atoms with Crippen molar-refractivity contribution in [2.24, 2.45) is 0 Å². The molecule has 0 spiro atoms. The number of nitrogen functional groups attached to an aromatic ring is 1. The minimum atomic E-state index is -1.23. The molecule has 0 amide bonds. The number of aromatic nitrogens is 2. The van der Waals surface area contributed by atoms with Gasteiger partial charge in [-0.2, -0.15) is 10.2 Å². The quantitative estimate of drug-likeness (QED) is 0.770. The van der Waals surface area contributed by atoms with Crippen molar-refractivity contribution in [3.8, 4) is 6.07 Å². The average molecular weight is 278 g/mol. The molecule has 0 aromatic carbocycles. The Bertz CT molecular complexity index is 621. The second-order valence-corrected chi connectivity index (χ2v) is 4.54. The molecule has 0 unspecified atom stereocenters. The van der Waals surface area contributed by atoms with Crippen molar-refractivity contribution >= 4 is 11.8 Å². The molecule has 1 fully saturated rings. The van der Waals surface area contributed by atoms with Crippen LogP contribution in [0.3, 0.4) is 0 Å². The highest BCUT2D eigenvalue weighted by Gasteiger charge is 2.42. The van der Waals surface area contributed by atoms with Crippen molar-refractivity contribution in [3.05, 3.63) is 22.7 Å². The highest BCUT2D eigenvalue weighted by Crippen LogP contribution is 2.35. The van der Waals surface area contributed by atoms with Crippen LogP contribution in [0, 0.1) is 11.3 Å². The Morgan fingerprint density at radius 3 is 3.15 bits per heavy atom. The van der Waals surface area contributed by atoms with Gasteiger partial charge in [0.1, 0.15) is 24.7 Å². The lowest BCUT2D eigenvalue weighted by Gasteiger charge is -2.21. The van der Waals surface area contributed by atoms with Gasteiger partial charge in [0.05, 0.1) is 0 Å². The number of ether oxygens (including phenoxy) is 2. The van der Waals surface area contributed by atoms with Crippen molar-refractivity contribution in [2.45, 2.75) is 31.6 Å². The van der Waals surface area contributed by atoms with Gasteiger partial charge in [0.15, 0.2) is 5.60 Å². The number of hydrogen-bond acceptors (Lipinski definition) is 7. The normalized spacial score (nSPS) is 25.1. The Morgan fingerprint density at radius 1 is 1.80 bits per heavy atom. The molecule has 0 aliphatic carbocycles. The lowest BCUT2D eigenvalue weighted by atomic mass is 10.0. The molecule has 0 bridgehead atoms. The van der Waals surface area contributed by atoms with Crippen LogP contribution in [-0.2, 0) is 14.3 Å². The summed E-state index contributed by atoms with van der Waals surface area (Å²) in [5.41, 5.74) is 3.64. The van der Waals surface area contributed by atoms with E-state index in [1.807, 2.05) is 6.07 Å². The second kappa shape index (κ2) is 5.30. The van der Waals surface area contributed by atoms with Gasteiger partial charge in [0.25, 0.3) is 0 Å². The highest BCUT2D eigenvalue weighted by atomic mass is 16.6. The van der Waals surface area contributed by atoms with Gasteiger partial charge < -0.3 is 15.2 Å². The predicted molar refractivity (Wildman–Crippen MR) is 67.2 cm³/mol. The molecule has 1 aliphatic rings. The van der Waals surface area contributed by atoms with E-state index in [1.165, 1.54) is 23.8 Å². The zero-order chi connectivity index (χ0) is 14.8. The van der Waals surface area contributed by atoms with Crippen molar-refractivity contribution in [1.29, 1.82) is 5.26 Å². The lowest BCUT2D eigenvalue weighted by molar-refractivity contribution is -0.150. The molecule has 2 heterocycles. The van der Waals surface area contributed by atoms with Crippen LogP contribution in [0.5, 0.6) is 0 Å². The third kappa shape index (κ3) is 2.78. The fraction of sp³-hybridized carbons (Fsp3) is 0.500. The number of carbonyl (C=O) groups excluding carboxylic acids is 1. The monoisotopic (exact) mass is 278 g/mol. The molecule has 2 N–H and O–H groups in total. The Labute approximate surface area is 114 Å². The first-order chi connectivity index (χ1) is 9.46. The Morgan fingerprint density at radius 2 is 2.55 bits per heavy atom. The molecule has 106 valence electrons. The molecule has 1 saturated heterocycles. The maximum Gasteiger partial charge on any atom is 0.351 e. The largest absolute Gasteiger partial charge is 0.462 e. The van der Waals surface area contributed by atoms with Crippen LogP contribution in [0.1, 0.15) is 26.0 Å². The molecule has 0 radical (unpaired) electrons. The molecule has 8 heteroatoms. The van der Waals surface area contributed by atoms with Crippen LogP contribution in [0.25, 0.3) is 0 Å². The summed E-state index contributed by atoms with van der Waals surface area (Å²) in [6.07, 6.45) is 1.65. The van der Waals surface area contributed by atoms with Crippen molar-refractivity contribution < 1.29 is 14.3 Å². The second-order valence-electron chi connectivity index (χ2n) is 4.54. The Balaban J connectivity index is 2.16. The minimum Gasteiger partial charge on any atom is -0.462 e. The number of nitrogens with zero attached hydrogens (tertiary/aromatic N) is 3. The summed E-state index contributed by atoms with van der Waals surface area (Å²) >= 11 is 0. The molecule has 1 aromatic heterocycles. The van der Waals surface area contributed by atoms with Crippen LogP contribution in [0.15, 0.2) is 17.1 Å². The summed E-state index contributed by atoms with van der Waals surface area (Å²) in [4.78, 5) is 26.2. The summed E-state index contributed by atoms with van der Waals surface area (Å²) in [7, 11) is 0. The fourth-order valence-corrected chi connectivity index (χ4v) is 2.01. The first-order valence-corrected chi connectivity index (χ1v) is 6.03. The fourth-order valence-electron chi connectivity index (χ4n) is 2.01. The van der Waals surface area contributed by atoms with Gasteiger partial charge in [-0.1, -0.05) is 0 Å². The topological polar surface area (TPSA) is 120 Å². The number of nitriles is 1. The van der Waals surface area contributed by atoms with Gasteiger partial charge in [-0.25, -0.2) is 4.79 Å².